The highest BCUT2D eigenvalue weighted by Crippen LogP contribution is 2.27. The van der Waals surface area contributed by atoms with E-state index in [9.17, 15) is 14.0 Å². The van der Waals surface area contributed by atoms with E-state index in [1.807, 2.05) is 30.3 Å². The number of benzene rings is 2. The van der Waals surface area contributed by atoms with Crippen molar-refractivity contribution in [1.29, 1.82) is 0 Å². The molecule has 0 aromatic heterocycles. The Hall–Kier alpha value is -2.97. The number of urea groups is 1. The van der Waals surface area contributed by atoms with Crippen molar-refractivity contribution in [3.63, 3.8) is 0 Å². The van der Waals surface area contributed by atoms with E-state index in [2.05, 4.69) is 5.32 Å². The fraction of sp³-hybridized carbons (Fsp3) is 0.391. The van der Waals surface area contributed by atoms with Gasteiger partial charge in [-0.3, -0.25) is 4.79 Å². The SMILES string of the molecule is COc1ccc(F)cc1C[NH+]1CC[NH+](CN2C(=O)N[C@@](C)(c3ccccc3)C2=O)CC1. The quantitative estimate of drug-likeness (QED) is 0.546. The minimum Gasteiger partial charge on any atom is -0.496 e. The van der Waals surface area contributed by atoms with Crippen LogP contribution in [0.3, 0.4) is 0 Å². The monoisotopic (exact) mass is 428 g/mol. The highest BCUT2D eigenvalue weighted by molar-refractivity contribution is 6.07. The van der Waals surface area contributed by atoms with Crippen LogP contribution in [0, 0.1) is 5.82 Å². The van der Waals surface area contributed by atoms with Crippen molar-refractivity contribution in [2.24, 2.45) is 0 Å². The molecule has 0 saturated carbocycles. The number of carbonyl (C=O) groups is 2. The molecule has 8 heteroatoms. The van der Waals surface area contributed by atoms with Gasteiger partial charge >= 0.3 is 6.03 Å². The summed E-state index contributed by atoms with van der Waals surface area (Å²) in [5.74, 6) is 0.221. The number of piperazine rings is 1. The molecule has 0 spiro atoms. The van der Waals surface area contributed by atoms with E-state index >= 15 is 0 Å². The standard InChI is InChI=1S/C23H27FN4O3/c1-23(18-6-4-3-5-7-18)21(29)28(22(30)25-23)16-27-12-10-26(11-13-27)15-17-14-19(24)8-9-20(17)31-2/h3-9,14H,10-13,15-16H2,1-2H3,(H,25,30)/p+2/t23-/m0/s1. The van der Waals surface area contributed by atoms with E-state index in [0.29, 0.717) is 19.0 Å². The largest absolute Gasteiger partial charge is 0.496 e. The Bertz CT molecular complexity index is 963. The predicted molar refractivity (Wildman–Crippen MR) is 112 cm³/mol. The Morgan fingerprint density at radius 3 is 2.42 bits per heavy atom. The number of hydrogen-bond donors (Lipinski definition) is 3. The second-order valence-corrected chi connectivity index (χ2v) is 8.45. The first-order chi connectivity index (χ1) is 14.9. The Kier molecular flexibility index (Phi) is 5.93. The first kappa shape index (κ1) is 21.3. The van der Waals surface area contributed by atoms with Crippen LogP contribution in [-0.2, 0) is 16.9 Å². The van der Waals surface area contributed by atoms with Crippen molar-refractivity contribution in [3.8, 4) is 5.75 Å². The van der Waals surface area contributed by atoms with Gasteiger partial charge in [0.2, 0.25) is 0 Å². The maximum Gasteiger partial charge on any atom is 0.329 e. The molecule has 7 nitrogen and oxygen atoms in total. The van der Waals surface area contributed by atoms with Crippen molar-refractivity contribution in [1.82, 2.24) is 10.2 Å². The zero-order valence-corrected chi connectivity index (χ0v) is 17.9. The summed E-state index contributed by atoms with van der Waals surface area (Å²) in [6, 6.07) is 13.6. The van der Waals surface area contributed by atoms with Gasteiger partial charge in [-0.25, -0.2) is 14.1 Å². The van der Waals surface area contributed by atoms with Gasteiger partial charge < -0.3 is 19.9 Å². The minimum atomic E-state index is -1.03. The van der Waals surface area contributed by atoms with Crippen LogP contribution in [-0.4, -0.2) is 56.8 Å². The fourth-order valence-electron chi connectivity index (χ4n) is 4.48. The van der Waals surface area contributed by atoms with Crippen LogP contribution in [0.5, 0.6) is 5.75 Å². The second-order valence-electron chi connectivity index (χ2n) is 8.45. The van der Waals surface area contributed by atoms with Crippen LogP contribution in [0.25, 0.3) is 0 Å². The highest BCUT2D eigenvalue weighted by atomic mass is 19.1. The zero-order valence-electron chi connectivity index (χ0n) is 17.9. The van der Waals surface area contributed by atoms with Crippen molar-refractivity contribution >= 4 is 11.9 Å². The summed E-state index contributed by atoms with van der Waals surface area (Å²) in [6.45, 7) is 6.18. The lowest BCUT2D eigenvalue weighted by atomic mass is 9.92. The zero-order chi connectivity index (χ0) is 22.0. The molecule has 2 aliphatic heterocycles. The molecule has 0 aliphatic carbocycles. The van der Waals surface area contributed by atoms with Crippen molar-refractivity contribution in [2.45, 2.75) is 19.0 Å². The number of carbonyl (C=O) groups excluding carboxylic acids is 2. The molecule has 2 aromatic rings. The highest BCUT2D eigenvalue weighted by Gasteiger charge is 2.50. The van der Waals surface area contributed by atoms with E-state index in [1.54, 1.807) is 20.1 Å². The number of rotatable bonds is 6. The van der Waals surface area contributed by atoms with Crippen molar-refractivity contribution in [3.05, 3.63) is 65.5 Å². The summed E-state index contributed by atoms with van der Waals surface area (Å²) in [5, 5.41) is 2.86. The molecule has 164 valence electrons. The topological polar surface area (TPSA) is 67.5 Å². The molecule has 0 bridgehead atoms. The van der Waals surface area contributed by atoms with Gasteiger partial charge in [0.25, 0.3) is 5.91 Å². The Morgan fingerprint density at radius 2 is 1.74 bits per heavy atom. The molecule has 2 aliphatic rings. The summed E-state index contributed by atoms with van der Waals surface area (Å²) >= 11 is 0. The average molecular weight is 429 g/mol. The number of hydrogen-bond acceptors (Lipinski definition) is 3. The third-order valence-electron chi connectivity index (χ3n) is 6.35. The van der Waals surface area contributed by atoms with Gasteiger partial charge in [-0.1, -0.05) is 30.3 Å². The van der Waals surface area contributed by atoms with E-state index in [1.165, 1.54) is 26.8 Å². The maximum absolute atomic E-state index is 13.6. The lowest BCUT2D eigenvalue weighted by Crippen LogP contribution is -3.28. The molecular formula is C23H29FN4O3+2. The third-order valence-corrected chi connectivity index (χ3v) is 6.35. The van der Waals surface area contributed by atoms with Crippen LogP contribution in [0.2, 0.25) is 0 Å². The molecule has 2 aromatic carbocycles. The van der Waals surface area contributed by atoms with Crippen molar-refractivity contribution < 1.29 is 28.5 Å². The number of nitrogens with one attached hydrogen (secondary N) is 3. The maximum atomic E-state index is 13.6. The predicted octanol–water partition coefficient (Wildman–Crippen LogP) is -0.458. The molecule has 0 unspecified atom stereocenters. The summed E-state index contributed by atoms with van der Waals surface area (Å²) in [5.41, 5.74) is 0.608. The normalized spacial score (nSPS) is 26.1. The molecule has 3 N–H and O–H groups in total. The Labute approximate surface area is 181 Å². The molecule has 2 fully saturated rings. The molecule has 2 saturated heterocycles. The molecular weight excluding hydrogens is 399 g/mol. The smallest absolute Gasteiger partial charge is 0.329 e. The number of imide groups is 1. The van der Waals surface area contributed by atoms with Gasteiger partial charge in [0, 0.05) is 0 Å². The summed E-state index contributed by atoms with van der Waals surface area (Å²) < 4.78 is 19.0. The summed E-state index contributed by atoms with van der Waals surface area (Å²) in [4.78, 5) is 29.5. The summed E-state index contributed by atoms with van der Waals surface area (Å²) in [7, 11) is 1.59. The lowest BCUT2D eigenvalue weighted by molar-refractivity contribution is -1.02. The first-order valence-corrected chi connectivity index (χ1v) is 10.6. The van der Waals surface area contributed by atoms with Crippen molar-refractivity contribution in [2.75, 3.05) is 40.0 Å². The van der Waals surface area contributed by atoms with E-state index in [0.717, 1.165) is 37.3 Å². The van der Waals surface area contributed by atoms with Gasteiger partial charge in [-0.15, -0.1) is 0 Å². The Morgan fingerprint density at radius 1 is 1.06 bits per heavy atom. The Balaban J connectivity index is 1.36. The van der Waals surface area contributed by atoms with Gasteiger partial charge in [-0.2, -0.15) is 0 Å². The molecule has 2 heterocycles. The minimum absolute atomic E-state index is 0.213. The van der Waals surface area contributed by atoms with E-state index in [-0.39, 0.29) is 17.8 Å². The number of quaternary nitrogens is 2. The van der Waals surface area contributed by atoms with Gasteiger partial charge in [0.15, 0.2) is 6.67 Å². The van der Waals surface area contributed by atoms with Gasteiger partial charge in [0.05, 0.1) is 12.7 Å². The number of halogens is 1. The molecule has 4 rings (SSSR count). The lowest BCUT2D eigenvalue weighted by Gasteiger charge is -2.31. The van der Waals surface area contributed by atoms with Crippen LogP contribution < -0.4 is 19.9 Å². The molecule has 1 atom stereocenters. The summed E-state index contributed by atoms with van der Waals surface area (Å²) in [6.07, 6.45) is 0. The number of amides is 3. The fourth-order valence-corrected chi connectivity index (χ4v) is 4.48. The number of methoxy groups -OCH3 is 1. The van der Waals surface area contributed by atoms with Crippen LogP contribution in [0.15, 0.2) is 48.5 Å². The third kappa shape index (κ3) is 4.26. The molecule has 0 radical (unpaired) electrons. The van der Waals surface area contributed by atoms with Gasteiger partial charge in [0.1, 0.15) is 49.8 Å². The second kappa shape index (κ2) is 8.64. The molecule has 31 heavy (non-hydrogen) atoms. The number of nitrogens with zero attached hydrogens (tertiary/aromatic N) is 1. The van der Waals surface area contributed by atoms with Crippen LogP contribution >= 0.6 is 0 Å². The first-order valence-electron chi connectivity index (χ1n) is 10.6. The van der Waals surface area contributed by atoms with E-state index < -0.39 is 5.54 Å². The van der Waals surface area contributed by atoms with E-state index in [4.69, 9.17) is 4.74 Å². The van der Waals surface area contributed by atoms with Gasteiger partial charge in [-0.05, 0) is 30.7 Å². The van der Waals surface area contributed by atoms with Crippen LogP contribution in [0.4, 0.5) is 9.18 Å². The average Bonchev–Trinajstić information content (AvgIpc) is 3.00. The van der Waals surface area contributed by atoms with Crippen LogP contribution in [0.1, 0.15) is 18.1 Å². The number of ether oxygens (including phenoxy) is 1. The molecule has 3 amide bonds.